The zero-order valence-corrected chi connectivity index (χ0v) is 21.3. The normalized spacial score (nSPS) is 12.0. The van der Waals surface area contributed by atoms with Gasteiger partial charge in [-0.2, -0.15) is 0 Å². The Morgan fingerprint density at radius 1 is 0.688 bits per heavy atom. The SMILES string of the molecule is CCCCCCCCCCCCCCCCCCCCC=CC(CCC(=O)O)C(=O)O.[H-].[Li+]. The molecule has 5 heteroatoms. The van der Waals surface area contributed by atoms with Crippen LogP contribution in [0.15, 0.2) is 12.2 Å². The number of carboxylic acids is 2. The van der Waals surface area contributed by atoms with E-state index < -0.39 is 17.9 Å². The van der Waals surface area contributed by atoms with Crippen LogP contribution in [0.1, 0.15) is 143 Å². The standard InChI is InChI=1S/C27H50O4.Li.H/c1-2-3-4-5-6-7-8-9-10-11-12-13-14-15-16-17-18-19-20-21-22-25(27(30)31)23-24-26(28)29;;/h21-22,25H,2-20,23-24H2,1H3,(H,28,29)(H,30,31);;/q;+1;-1. The Bertz CT molecular complexity index is 457. The second kappa shape index (κ2) is 26.5. The molecule has 184 valence electrons. The van der Waals surface area contributed by atoms with Crippen LogP contribution >= 0.6 is 0 Å². The van der Waals surface area contributed by atoms with Crippen molar-refractivity contribution < 1.29 is 40.1 Å². The van der Waals surface area contributed by atoms with Gasteiger partial charge in [0, 0.05) is 6.42 Å². The van der Waals surface area contributed by atoms with Gasteiger partial charge in [-0.15, -0.1) is 0 Å². The first-order valence-corrected chi connectivity index (χ1v) is 13.2. The second-order valence-corrected chi connectivity index (χ2v) is 9.10. The van der Waals surface area contributed by atoms with Crippen molar-refractivity contribution in [1.82, 2.24) is 0 Å². The molecule has 32 heavy (non-hydrogen) atoms. The number of rotatable bonds is 24. The summed E-state index contributed by atoms with van der Waals surface area (Å²) in [5.41, 5.74) is 0. The summed E-state index contributed by atoms with van der Waals surface area (Å²) in [6.45, 7) is 2.28. The van der Waals surface area contributed by atoms with Gasteiger partial charge in [-0.1, -0.05) is 128 Å². The van der Waals surface area contributed by atoms with E-state index in [4.69, 9.17) is 10.2 Å². The number of hydrogen-bond acceptors (Lipinski definition) is 2. The van der Waals surface area contributed by atoms with E-state index in [-0.39, 0.29) is 33.1 Å². The Kier molecular flexibility index (Phi) is 27.7. The third-order valence-corrected chi connectivity index (χ3v) is 6.08. The van der Waals surface area contributed by atoms with E-state index in [2.05, 4.69) is 6.92 Å². The van der Waals surface area contributed by atoms with Crippen LogP contribution in [0.2, 0.25) is 0 Å². The Labute approximate surface area is 211 Å². The van der Waals surface area contributed by atoms with Gasteiger partial charge in [-0.05, 0) is 19.3 Å². The summed E-state index contributed by atoms with van der Waals surface area (Å²) in [5.74, 6) is -2.55. The van der Waals surface area contributed by atoms with E-state index in [9.17, 15) is 9.59 Å². The zero-order valence-electron chi connectivity index (χ0n) is 22.3. The first kappa shape index (κ1) is 33.5. The van der Waals surface area contributed by atoms with E-state index in [1.807, 2.05) is 6.08 Å². The number of hydrogen-bond donors (Lipinski definition) is 2. The Morgan fingerprint density at radius 2 is 1.06 bits per heavy atom. The molecule has 0 saturated heterocycles. The van der Waals surface area contributed by atoms with Crippen LogP contribution in [0.5, 0.6) is 0 Å². The molecule has 0 spiro atoms. The molecule has 0 fully saturated rings. The molecule has 0 amide bonds. The Morgan fingerprint density at radius 3 is 1.41 bits per heavy atom. The number of unbranched alkanes of at least 4 members (excludes halogenated alkanes) is 18. The van der Waals surface area contributed by atoms with E-state index in [0.717, 1.165) is 12.8 Å². The predicted molar refractivity (Wildman–Crippen MR) is 132 cm³/mol. The van der Waals surface area contributed by atoms with Crippen molar-refractivity contribution in [3.8, 4) is 0 Å². The third kappa shape index (κ3) is 25.5. The molecule has 0 aliphatic heterocycles. The van der Waals surface area contributed by atoms with Gasteiger partial charge in [-0.25, -0.2) is 0 Å². The summed E-state index contributed by atoms with van der Waals surface area (Å²) < 4.78 is 0. The first-order valence-electron chi connectivity index (χ1n) is 13.2. The van der Waals surface area contributed by atoms with Crippen LogP contribution in [-0.2, 0) is 9.59 Å². The molecule has 0 bridgehead atoms. The molecule has 1 atom stereocenters. The van der Waals surface area contributed by atoms with Gasteiger partial charge in [-0.3, -0.25) is 9.59 Å². The number of carboxylic acid groups (broad SMARTS) is 2. The van der Waals surface area contributed by atoms with Crippen molar-refractivity contribution in [2.45, 2.75) is 142 Å². The van der Waals surface area contributed by atoms with Gasteiger partial charge in [0.2, 0.25) is 0 Å². The summed E-state index contributed by atoms with van der Waals surface area (Å²) in [5, 5.41) is 17.8. The molecule has 0 rings (SSSR count). The van der Waals surface area contributed by atoms with Crippen LogP contribution in [-0.4, -0.2) is 22.2 Å². The average Bonchev–Trinajstić information content (AvgIpc) is 2.73. The van der Waals surface area contributed by atoms with Gasteiger partial charge < -0.3 is 11.6 Å². The van der Waals surface area contributed by atoms with Crippen LogP contribution < -0.4 is 18.9 Å². The minimum absolute atomic E-state index is 0. The number of allylic oxidation sites excluding steroid dienone is 1. The maximum Gasteiger partial charge on any atom is 1.00 e. The van der Waals surface area contributed by atoms with Gasteiger partial charge in [0.05, 0.1) is 5.92 Å². The summed E-state index contributed by atoms with van der Waals surface area (Å²) in [6.07, 6.45) is 29.0. The van der Waals surface area contributed by atoms with Gasteiger partial charge in [0.25, 0.3) is 0 Å². The monoisotopic (exact) mass is 446 g/mol. The third-order valence-electron chi connectivity index (χ3n) is 6.08. The van der Waals surface area contributed by atoms with Crippen LogP contribution in [0.3, 0.4) is 0 Å². The molecule has 0 aromatic rings. The largest absolute Gasteiger partial charge is 1.00 e. The minimum Gasteiger partial charge on any atom is -1.00 e. The fraction of sp³-hybridized carbons (Fsp3) is 0.852. The van der Waals surface area contributed by atoms with Crippen LogP contribution in [0.4, 0.5) is 0 Å². The molecule has 4 nitrogen and oxygen atoms in total. The quantitative estimate of drug-likeness (QED) is 0.114. The summed E-state index contributed by atoms with van der Waals surface area (Å²) in [4.78, 5) is 21.7. The molecule has 0 saturated carbocycles. The molecule has 0 radical (unpaired) electrons. The Balaban J connectivity index is -0.00000450. The molecule has 0 aliphatic rings. The first-order chi connectivity index (χ1) is 15.1. The van der Waals surface area contributed by atoms with Crippen LogP contribution in [0, 0.1) is 5.92 Å². The minimum atomic E-state index is -0.942. The van der Waals surface area contributed by atoms with E-state index >= 15 is 0 Å². The van der Waals surface area contributed by atoms with E-state index in [1.54, 1.807) is 6.08 Å². The van der Waals surface area contributed by atoms with E-state index in [1.165, 1.54) is 109 Å². The topological polar surface area (TPSA) is 74.6 Å². The molecular formula is C27H51LiO4. The van der Waals surface area contributed by atoms with Gasteiger partial charge >= 0.3 is 30.8 Å². The van der Waals surface area contributed by atoms with E-state index in [0.29, 0.717) is 0 Å². The molecule has 0 aromatic carbocycles. The van der Waals surface area contributed by atoms with Crippen molar-refractivity contribution in [3.05, 3.63) is 12.2 Å². The summed E-state index contributed by atoms with van der Waals surface area (Å²) in [7, 11) is 0. The summed E-state index contributed by atoms with van der Waals surface area (Å²) >= 11 is 0. The number of carbonyl (C=O) groups is 2. The van der Waals surface area contributed by atoms with Gasteiger partial charge in [0.15, 0.2) is 0 Å². The molecule has 0 heterocycles. The predicted octanol–water partition coefficient (Wildman–Crippen LogP) is 5.66. The fourth-order valence-electron chi connectivity index (χ4n) is 4.01. The van der Waals surface area contributed by atoms with Crippen molar-refractivity contribution in [3.63, 3.8) is 0 Å². The zero-order chi connectivity index (χ0) is 23.0. The average molecular weight is 447 g/mol. The van der Waals surface area contributed by atoms with Gasteiger partial charge in [0.1, 0.15) is 0 Å². The van der Waals surface area contributed by atoms with Crippen LogP contribution in [0.25, 0.3) is 0 Å². The second-order valence-electron chi connectivity index (χ2n) is 9.10. The molecular weight excluding hydrogens is 395 g/mol. The van der Waals surface area contributed by atoms with Crippen molar-refractivity contribution >= 4 is 11.9 Å². The molecule has 0 aromatic heterocycles. The van der Waals surface area contributed by atoms with Crippen molar-refractivity contribution in [1.29, 1.82) is 0 Å². The Hall–Kier alpha value is -0.723. The maximum absolute atomic E-state index is 11.1. The van der Waals surface area contributed by atoms with Crippen molar-refractivity contribution in [2.24, 2.45) is 5.92 Å². The molecule has 2 N–H and O–H groups in total. The summed E-state index contributed by atoms with van der Waals surface area (Å²) in [6, 6.07) is 0. The molecule has 1 unspecified atom stereocenters. The fourth-order valence-corrected chi connectivity index (χ4v) is 4.01. The molecule has 0 aliphatic carbocycles. The number of aliphatic carboxylic acids is 2. The van der Waals surface area contributed by atoms with Crippen molar-refractivity contribution in [2.75, 3.05) is 0 Å². The maximum atomic E-state index is 11.1. The smallest absolute Gasteiger partial charge is 1.00 e.